The molecular weight excluding hydrogens is 864 g/mol. The Morgan fingerprint density at radius 3 is 1.76 bits per heavy atom. The van der Waals surface area contributed by atoms with Crippen LogP contribution in [0.4, 0.5) is 20.5 Å². The van der Waals surface area contributed by atoms with Crippen molar-refractivity contribution in [3.63, 3.8) is 0 Å². The summed E-state index contributed by atoms with van der Waals surface area (Å²) in [7, 11) is 0. The molecule has 4 aromatic rings. The van der Waals surface area contributed by atoms with Crippen LogP contribution in [-0.2, 0) is 46.3 Å². The number of carbonyl (C=O) groups is 2. The van der Waals surface area contributed by atoms with Crippen LogP contribution in [0.25, 0.3) is 22.3 Å². The molecule has 5 N–H and O–H groups in total. The van der Waals surface area contributed by atoms with E-state index in [4.69, 9.17) is 39.0 Å². The maximum Gasteiger partial charge on any atom is 0.390 e. The van der Waals surface area contributed by atoms with Crippen LogP contribution in [0.1, 0.15) is 54.0 Å². The van der Waals surface area contributed by atoms with Crippen LogP contribution in [0.5, 0.6) is 0 Å². The number of H-pyrrole nitrogens is 1. The molecule has 0 spiro atoms. The number of anilines is 2. The molecule has 21 nitrogen and oxygen atoms in total. The lowest BCUT2D eigenvalue weighted by Gasteiger charge is -2.30. The van der Waals surface area contributed by atoms with Crippen LogP contribution in [0.3, 0.4) is 0 Å². The number of hydrogen-bond acceptors (Lipinski definition) is 20. The van der Waals surface area contributed by atoms with Crippen LogP contribution in [0.15, 0.2) is 23.8 Å². The number of aromatic nitrogens is 8. The highest BCUT2D eigenvalue weighted by Crippen LogP contribution is 2.66. The van der Waals surface area contributed by atoms with Gasteiger partial charge in [0.25, 0.3) is 5.56 Å². The number of alkyl halides is 2. The van der Waals surface area contributed by atoms with Gasteiger partial charge in [-0.05, 0) is 22.8 Å². The fourth-order valence-electron chi connectivity index (χ4n) is 6.07. The molecule has 4 aromatic heterocycles. The zero-order valence-corrected chi connectivity index (χ0v) is 35.8. The standard InChI is InChI=1S/C32H42F2N10O11P2S2/c1-31(2,3)16(45)9-58-56(48)51-8-15-23(19(34)29(53-15)44-13-40-21-26(44)41-30(36)42-27(21)47)55-57(49,59-10-17(46)32(4,5)6)50-7-14-22(54-56)18(33)28(52-14)43-12-39-20-24(35)37-11-38-25(20)43/h11-15,18-19,22-23,28-29H,7-10H2,1-6H3,(H2,35,37,38)(H3,36,41,42,47)/t14?,15?,18-,19-,22-,23-,28?,29?,56?,57?/m1/s1. The molecule has 0 aliphatic carbocycles. The number of nitrogens with zero attached hydrogens (tertiary/aromatic N) is 7. The van der Waals surface area contributed by atoms with Gasteiger partial charge in [0.2, 0.25) is 5.95 Å². The predicted octanol–water partition coefficient (Wildman–Crippen LogP) is 4.33. The van der Waals surface area contributed by atoms with E-state index >= 15 is 8.78 Å². The molecule has 6 unspecified atom stereocenters. The summed E-state index contributed by atoms with van der Waals surface area (Å²) in [5, 5.41) is 0. The molecular formula is C32H42F2N10O11P2S2. The maximum atomic E-state index is 16.9. The highest BCUT2D eigenvalue weighted by Gasteiger charge is 2.56. The minimum absolute atomic E-state index is 0.00224. The van der Waals surface area contributed by atoms with E-state index in [1.54, 1.807) is 41.5 Å². The first-order valence-corrected chi connectivity index (χ1v) is 24.3. The van der Waals surface area contributed by atoms with Crippen LogP contribution in [0.2, 0.25) is 0 Å². The molecule has 0 bridgehead atoms. The van der Waals surface area contributed by atoms with E-state index in [1.165, 1.54) is 10.9 Å². The number of aromatic amines is 1. The average molecular weight is 907 g/mol. The fraction of sp³-hybridized carbons (Fsp3) is 0.625. The minimum atomic E-state index is -4.66. The van der Waals surface area contributed by atoms with E-state index < -0.39 is 104 Å². The Morgan fingerprint density at radius 2 is 1.27 bits per heavy atom. The Labute approximate surface area is 342 Å². The fourth-order valence-corrected chi connectivity index (χ4v) is 13.1. The van der Waals surface area contributed by atoms with Crippen molar-refractivity contribution >= 4 is 82.0 Å². The Hall–Kier alpha value is -3.38. The average Bonchev–Trinajstić information content (AvgIpc) is 3.92. The van der Waals surface area contributed by atoms with Gasteiger partial charge in [0, 0.05) is 10.8 Å². The quantitative estimate of drug-likeness (QED) is 0.207. The zero-order chi connectivity index (χ0) is 42.8. The van der Waals surface area contributed by atoms with Crippen molar-refractivity contribution in [1.82, 2.24) is 39.0 Å². The third-order valence-electron chi connectivity index (χ3n) is 9.60. The lowest BCUT2D eigenvalue weighted by molar-refractivity contribution is -0.124. The number of imidazole rings is 2. The van der Waals surface area contributed by atoms with Gasteiger partial charge in [0.1, 0.15) is 47.8 Å². The van der Waals surface area contributed by atoms with Crippen molar-refractivity contribution in [1.29, 1.82) is 0 Å². The first kappa shape index (κ1) is 43.7. The largest absolute Gasteiger partial charge is 0.390 e. The molecule has 10 atom stereocenters. The van der Waals surface area contributed by atoms with E-state index in [0.29, 0.717) is 22.8 Å². The van der Waals surface area contributed by atoms with Crippen LogP contribution in [0, 0.1) is 10.8 Å². The number of nitrogen functional groups attached to an aromatic ring is 2. The Bertz CT molecular complexity index is 2430. The molecule has 7 heterocycles. The number of ether oxygens (including phenoxy) is 2. The first-order valence-electron chi connectivity index (χ1n) is 18.0. The molecule has 3 fully saturated rings. The second-order valence-electron chi connectivity index (χ2n) is 15.9. The number of hydrogen-bond donors (Lipinski definition) is 3. The summed E-state index contributed by atoms with van der Waals surface area (Å²) in [6.45, 7) is -0.995. The summed E-state index contributed by atoms with van der Waals surface area (Å²) in [6.07, 6.45) is -10.9. The lowest BCUT2D eigenvalue weighted by Crippen LogP contribution is -2.37. The maximum absolute atomic E-state index is 16.9. The Kier molecular flexibility index (Phi) is 12.0. The number of carbonyl (C=O) groups excluding carboxylic acids is 2. The van der Waals surface area contributed by atoms with Crippen LogP contribution >= 0.6 is 36.4 Å². The first-order chi connectivity index (χ1) is 27.6. The number of ketones is 2. The summed E-state index contributed by atoms with van der Waals surface area (Å²) >= 11 is 0.934. The number of nitrogens with one attached hydrogen (secondary N) is 1. The molecule has 3 saturated heterocycles. The molecule has 59 heavy (non-hydrogen) atoms. The highest BCUT2D eigenvalue weighted by molar-refractivity contribution is 8.55. The molecule has 3 aliphatic heterocycles. The molecule has 7 rings (SSSR count). The van der Waals surface area contributed by atoms with Gasteiger partial charge in [-0.3, -0.25) is 46.6 Å². The smallest absolute Gasteiger partial charge is 0.382 e. The molecule has 3 aliphatic rings. The second kappa shape index (κ2) is 16.1. The van der Waals surface area contributed by atoms with Gasteiger partial charge < -0.3 is 20.9 Å². The minimum Gasteiger partial charge on any atom is -0.382 e. The number of halogens is 2. The third-order valence-corrected chi connectivity index (χ3v) is 16.8. The summed E-state index contributed by atoms with van der Waals surface area (Å²) < 4.78 is 101. The van der Waals surface area contributed by atoms with Crippen molar-refractivity contribution in [2.24, 2.45) is 10.8 Å². The molecule has 0 amide bonds. The van der Waals surface area contributed by atoms with Crippen LogP contribution < -0.4 is 17.0 Å². The molecule has 0 aromatic carbocycles. The molecule has 0 radical (unpaired) electrons. The van der Waals surface area contributed by atoms with Gasteiger partial charge >= 0.3 is 13.6 Å². The van der Waals surface area contributed by atoms with Gasteiger partial charge in [-0.15, -0.1) is 0 Å². The monoisotopic (exact) mass is 906 g/mol. The van der Waals surface area contributed by atoms with Gasteiger partial charge in [0.05, 0.1) is 37.4 Å². The normalized spacial score (nSPS) is 32.1. The van der Waals surface area contributed by atoms with Crippen molar-refractivity contribution in [2.45, 2.75) is 90.8 Å². The third kappa shape index (κ3) is 8.86. The van der Waals surface area contributed by atoms with Crippen molar-refractivity contribution in [2.75, 3.05) is 36.2 Å². The van der Waals surface area contributed by atoms with Gasteiger partial charge in [-0.25, -0.2) is 37.8 Å². The summed E-state index contributed by atoms with van der Waals surface area (Å²) in [5.74, 6) is -1.83. The highest BCUT2D eigenvalue weighted by atomic mass is 32.7. The van der Waals surface area contributed by atoms with Gasteiger partial charge in [-0.2, -0.15) is 4.98 Å². The topological polar surface area (TPSA) is 283 Å². The van der Waals surface area contributed by atoms with E-state index in [9.17, 15) is 23.5 Å². The van der Waals surface area contributed by atoms with E-state index in [2.05, 4.69) is 29.9 Å². The summed E-state index contributed by atoms with van der Waals surface area (Å²) in [6, 6.07) is 0. The lowest BCUT2D eigenvalue weighted by atomic mass is 9.92. The molecule has 27 heteroatoms. The summed E-state index contributed by atoms with van der Waals surface area (Å²) in [5.41, 5.74) is 9.07. The van der Waals surface area contributed by atoms with Crippen molar-refractivity contribution < 1.29 is 55.1 Å². The van der Waals surface area contributed by atoms with Gasteiger partial charge in [-0.1, -0.05) is 41.5 Å². The predicted molar refractivity (Wildman–Crippen MR) is 211 cm³/mol. The summed E-state index contributed by atoms with van der Waals surface area (Å²) in [4.78, 5) is 61.3. The van der Waals surface area contributed by atoms with E-state index in [1.807, 2.05) is 0 Å². The Balaban J connectivity index is 1.27. The molecule has 0 saturated carbocycles. The van der Waals surface area contributed by atoms with Crippen molar-refractivity contribution in [3.05, 3.63) is 29.3 Å². The number of nitrogens with two attached hydrogens (primary N) is 2. The second-order valence-corrected chi connectivity index (χ2v) is 23.9. The van der Waals surface area contributed by atoms with Crippen LogP contribution in [-0.4, -0.2) is 112 Å². The number of Topliss-reactive ketones (excluding diaryl/α,β-unsaturated/α-hetero) is 2. The number of fused-ring (bicyclic) bond motifs is 4. The van der Waals surface area contributed by atoms with Gasteiger partial charge in [0.15, 0.2) is 47.4 Å². The van der Waals surface area contributed by atoms with E-state index in [0.717, 1.165) is 17.2 Å². The zero-order valence-electron chi connectivity index (χ0n) is 32.4. The van der Waals surface area contributed by atoms with Crippen molar-refractivity contribution in [3.8, 4) is 0 Å². The van der Waals surface area contributed by atoms with E-state index in [-0.39, 0.29) is 45.7 Å². The SMILES string of the molecule is CC(C)(C)C(=O)CSP1(=O)OCC2OC(n3cnc4c(=O)[nH]c(N)nc43)[C@H](F)[C@@H]2OP(=O)(SCC(=O)C(C)(C)C)OCC2OC(n3cnc4c(N)ncnc43)[C@H](F)[C@@H]2O1. The molecule has 322 valence electrons. The Morgan fingerprint density at radius 1 is 0.797 bits per heavy atom. The number of rotatable bonds is 8.